The number of ketones is 1. The Hall–Kier alpha value is -3.61. The Labute approximate surface area is 180 Å². The molecule has 7 heteroatoms. The second-order valence-electron chi connectivity index (χ2n) is 8.00. The van der Waals surface area contributed by atoms with Gasteiger partial charge in [-0.2, -0.15) is 0 Å². The molecule has 1 aliphatic carbocycles. The van der Waals surface area contributed by atoms with Gasteiger partial charge in [0.15, 0.2) is 17.3 Å². The number of Topliss-reactive ketones (excluding diaryl/α,β-unsaturated/α-hetero) is 1. The summed E-state index contributed by atoms with van der Waals surface area (Å²) in [4.78, 5) is 30.8. The molecule has 1 aromatic carbocycles. The van der Waals surface area contributed by atoms with Gasteiger partial charge >= 0.3 is 0 Å². The SMILES string of the molecule is CC1=C(C(=O)Nc2cccc(C)n2)C(c2ccc3c(c2)OCO3)C2=C(CCCC2=O)N1. The summed E-state index contributed by atoms with van der Waals surface area (Å²) in [6.45, 7) is 3.91. The number of carbonyl (C=O) groups excluding carboxylic acids is 2. The molecule has 1 amide bonds. The molecule has 2 aliphatic heterocycles. The van der Waals surface area contributed by atoms with E-state index in [0.29, 0.717) is 34.9 Å². The number of aryl methyl sites for hydroxylation is 1. The van der Waals surface area contributed by atoms with Gasteiger partial charge < -0.3 is 20.1 Å². The Morgan fingerprint density at radius 1 is 1.13 bits per heavy atom. The molecule has 158 valence electrons. The van der Waals surface area contributed by atoms with Crippen LogP contribution in [0.1, 0.15) is 43.4 Å². The molecule has 7 nitrogen and oxygen atoms in total. The maximum Gasteiger partial charge on any atom is 0.255 e. The molecule has 2 N–H and O–H groups in total. The van der Waals surface area contributed by atoms with Crippen molar-refractivity contribution in [3.05, 3.63) is 70.2 Å². The van der Waals surface area contributed by atoms with E-state index in [1.807, 2.05) is 44.2 Å². The van der Waals surface area contributed by atoms with Gasteiger partial charge in [0, 0.05) is 40.6 Å². The number of aromatic nitrogens is 1. The molecule has 3 heterocycles. The van der Waals surface area contributed by atoms with Crippen LogP contribution in [0.25, 0.3) is 0 Å². The Morgan fingerprint density at radius 3 is 2.81 bits per heavy atom. The molecule has 1 unspecified atom stereocenters. The first kappa shape index (κ1) is 19.4. The van der Waals surface area contributed by atoms with Crippen molar-refractivity contribution in [1.82, 2.24) is 10.3 Å². The van der Waals surface area contributed by atoms with Crippen molar-refractivity contribution in [2.24, 2.45) is 0 Å². The Bertz CT molecular complexity index is 1170. The maximum atomic E-state index is 13.4. The first-order chi connectivity index (χ1) is 15.0. The number of nitrogens with zero attached hydrogens (tertiary/aromatic N) is 1. The van der Waals surface area contributed by atoms with Gasteiger partial charge in [-0.3, -0.25) is 9.59 Å². The predicted octanol–water partition coefficient (Wildman–Crippen LogP) is 3.73. The molecule has 0 bridgehead atoms. The summed E-state index contributed by atoms with van der Waals surface area (Å²) in [5.41, 5.74) is 4.46. The van der Waals surface area contributed by atoms with Gasteiger partial charge in [0.2, 0.25) is 6.79 Å². The summed E-state index contributed by atoms with van der Waals surface area (Å²) in [5, 5.41) is 6.24. The minimum Gasteiger partial charge on any atom is -0.454 e. The van der Waals surface area contributed by atoms with Crippen LogP contribution in [0, 0.1) is 6.92 Å². The molecule has 31 heavy (non-hydrogen) atoms. The first-order valence-corrected chi connectivity index (χ1v) is 10.4. The third-order valence-corrected chi connectivity index (χ3v) is 5.88. The normalized spacial score (nSPS) is 19.8. The molecule has 5 rings (SSSR count). The second kappa shape index (κ2) is 7.58. The highest BCUT2D eigenvalue weighted by atomic mass is 16.7. The van der Waals surface area contributed by atoms with Crippen LogP contribution in [-0.2, 0) is 9.59 Å². The van der Waals surface area contributed by atoms with Crippen LogP contribution in [0.3, 0.4) is 0 Å². The highest BCUT2D eigenvalue weighted by Gasteiger charge is 2.39. The number of dihydropyridines is 1. The first-order valence-electron chi connectivity index (χ1n) is 10.4. The van der Waals surface area contributed by atoms with Gasteiger partial charge in [-0.1, -0.05) is 12.1 Å². The van der Waals surface area contributed by atoms with Crippen molar-refractivity contribution in [1.29, 1.82) is 0 Å². The number of ether oxygens (including phenoxy) is 2. The van der Waals surface area contributed by atoms with Crippen molar-refractivity contribution < 1.29 is 19.1 Å². The number of amides is 1. The fourth-order valence-corrected chi connectivity index (χ4v) is 4.51. The Kier molecular flexibility index (Phi) is 4.73. The molecule has 2 aromatic rings. The van der Waals surface area contributed by atoms with Crippen molar-refractivity contribution in [3.63, 3.8) is 0 Å². The largest absolute Gasteiger partial charge is 0.454 e. The molecule has 0 radical (unpaired) electrons. The molecule has 0 fully saturated rings. The number of hydrogen-bond donors (Lipinski definition) is 2. The van der Waals surface area contributed by atoms with E-state index in [-0.39, 0.29) is 18.5 Å². The van der Waals surface area contributed by atoms with Gasteiger partial charge in [0.25, 0.3) is 5.91 Å². The zero-order valence-corrected chi connectivity index (χ0v) is 17.5. The van der Waals surface area contributed by atoms with Crippen molar-refractivity contribution >= 4 is 17.5 Å². The van der Waals surface area contributed by atoms with E-state index >= 15 is 0 Å². The molecule has 0 saturated carbocycles. The van der Waals surface area contributed by atoms with Crippen LogP contribution in [0.4, 0.5) is 5.82 Å². The zero-order chi connectivity index (χ0) is 21.5. The lowest BCUT2D eigenvalue weighted by molar-refractivity contribution is -0.116. The summed E-state index contributed by atoms with van der Waals surface area (Å²) in [6, 6.07) is 11.1. The van der Waals surface area contributed by atoms with Gasteiger partial charge in [-0.25, -0.2) is 4.98 Å². The molecule has 3 aliphatic rings. The van der Waals surface area contributed by atoms with E-state index in [1.54, 1.807) is 6.07 Å². The number of rotatable bonds is 3. The molecule has 0 saturated heterocycles. The fraction of sp³-hybridized carbons (Fsp3) is 0.292. The maximum absolute atomic E-state index is 13.4. The summed E-state index contributed by atoms with van der Waals surface area (Å²) in [7, 11) is 0. The van der Waals surface area contributed by atoms with Crippen LogP contribution < -0.4 is 20.1 Å². The van der Waals surface area contributed by atoms with Gasteiger partial charge in [-0.15, -0.1) is 0 Å². The van der Waals surface area contributed by atoms with Gasteiger partial charge in [0.1, 0.15) is 5.82 Å². The third-order valence-electron chi connectivity index (χ3n) is 5.88. The van der Waals surface area contributed by atoms with Gasteiger partial charge in [-0.05, 0) is 56.5 Å². The lowest BCUT2D eigenvalue weighted by atomic mass is 9.75. The lowest BCUT2D eigenvalue weighted by Gasteiger charge is -2.34. The number of fused-ring (bicyclic) bond motifs is 1. The van der Waals surface area contributed by atoms with E-state index < -0.39 is 5.92 Å². The number of nitrogens with one attached hydrogen (secondary N) is 2. The van der Waals surface area contributed by atoms with E-state index in [9.17, 15) is 9.59 Å². The summed E-state index contributed by atoms with van der Waals surface area (Å²) in [6.07, 6.45) is 2.07. The highest BCUT2D eigenvalue weighted by Crippen LogP contribution is 2.45. The number of carbonyl (C=O) groups is 2. The molecular formula is C24H23N3O4. The number of allylic oxidation sites excluding steroid dienone is 3. The molecular weight excluding hydrogens is 394 g/mol. The van der Waals surface area contributed by atoms with Crippen molar-refractivity contribution in [2.45, 2.75) is 39.0 Å². The molecule has 1 aromatic heterocycles. The summed E-state index contributed by atoms with van der Waals surface area (Å²) >= 11 is 0. The second-order valence-corrected chi connectivity index (χ2v) is 8.00. The molecule has 1 atom stereocenters. The quantitative estimate of drug-likeness (QED) is 0.791. The Balaban J connectivity index is 1.59. The average molecular weight is 417 g/mol. The number of hydrogen-bond acceptors (Lipinski definition) is 6. The van der Waals surface area contributed by atoms with E-state index in [2.05, 4.69) is 15.6 Å². The lowest BCUT2D eigenvalue weighted by Crippen LogP contribution is -2.35. The number of pyridine rings is 1. The van der Waals surface area contributed by atoms with Crippen molar-refractivity contribution in [3.8, 4) is 11.5 Å². The average Bonchev–Trinajstić information content (AvgIpc) is 3.20. The van der Waals surface area contributed by atoms with E-state index in [1.165, 1.54) is 0 Å². The summed E-state index contributed by atoms with van der Waals surface area (Å²) < 4.78 is 11.0. The standard InChI is InChI=1S/C24H23N3O4/c1-13-5-3-8-20(25-13)27-24(29)21-14(2)26-16-6-4-7-17(28)23(16)22(21)15-9-10-18-19(11-15)31-12-30-18/h3,5,8-11,22,26H,4,6-7,12H2,1-2H3,(H,25,27,29). The minimum atomic E-state index is -0.483. The smallest absolute Gasteiger partial charge is 0.255 e. The topological polar surface area (TPSA) is 89.6 Å². The van der Waals surface area contributed by atoms with Gasteiger partial charge in [0.05, 0.1) is 0 Å². The van der Waals surface area contributed by atoms with Crippen molar-refractivity contribution in [2.75, 3.05) is 12.1 Å². The number of benzene rings is 1. The van der Waals surface area contributed by atoms with Crippen LogP contribution in [0.5, 0.6) is 11.5 Å². The monoisotopic (exact) mass is 417 g/mol. The predicted molar refractivity (Wildman–Crippen MR) is 115 cm³/mol. The van der Waals surface area contributed by atoms with E-state index in [4.69, 9.17) is 9.47 Å². The molecule has 0 spiro atoms. The van der Waals surface area contributed by atoms with Crippen LogP contribution >= 0.6 is 0 Å². The zero-order valence-electron chi connectivity index (χ0n) is 17.5. The van der Waals surface area contributed by atoms with E-state index in [0.717, 1.165) is 35.5 Å². The van der Waals surface area contributed by atoms with Crippen LogP contribution in [0.2, 0.25) is 0 Å². The Morgan fingerprint density at radius 2 is 1.97 bits per heavy atom. The number of anilines is 1. The van der Waals surface area contributed by atoms with Crippen LogP contribution in [0.15, 0.2) is 58.9 Å². The van der Waals surface area contributed by atoms with Crippen LogP contribution in [-0.4, -0.2) is 23.5 Å². The third kappa shape index (κ3) is 3.46. The highest BCUT2D eigenvalue weighted by molar-refractivity contribution is 6.09. The summed E-state index contributed by atoms with van der Waals surface area (Å²) in [5.74, 6) is 1.07. The fourth-order valence-electron chi connectivity index (χ4n) is 4.51. The minimum absolute atomic E-state index is 0.0721.